The highest BCUT2D eigenvalue weighted by atomic mass is 16.6. The fraction of sp³-hybridized carbons (Fsp3) is 0.882. The average molecular weight is 517 g/mol. The van der Waals surface area contributed by atoms with Crippen LogP contribution in [0.4, 0.5) is 0 Å². The van der Waals surface area contributed by atoms with E-state index in [1.165, 1.54) is 24.0 Å². The molecule has 214 valence electrons. The van der Waals surface area contributed by atoms with Crippen LogP contribution in [0.15, 0.2) is 24.3 Å². The first-order valence-electron chi connectivity index (χ1n) is 15.4. The van der Waals surface area contributed by atoms with Crippen LogP contribution < -0.4 is 0 Å². The third-order valence-electron chi connectivity index (χ3n) is 11.4. The molecule has 0 spiro atoms. The molecule has 0 aromatic heterocycles. The van der Waals surface area contributed by atoms with E-state index in [9.17, 15) is 0 Å². The van der Waals surface area contributed by atoms with Gasteiger partial charge in [-0.3, -0.25) is 0 Å². The number of ether oxygens (including phenoxy) is 3. The molecule has 3 fully saturated rings. The SMILES string of the molecule is C=C(C)C(C)CCC1(C)OC(C)(C2CCC(C3(C)CCC(C)C(C)(CCC(C)C(=C)C)O3)O2)CCC1C. The lowest BCUT2D eigenvalue weighted by Gasteiger charge is -2.53. The molecule has 0 N–H and O–H groups in total. The summed E-state index contributed by atoms with van der Waals surface area (Å²) in [6.07, 6.45) is 11.4. The van der Waals surface area contributed by atoms with E-state index >= 15 is 0 Å². The Morgan fingerprint density at radius 2 is 1.05 bits per heavy atom. The Kier molecular flexibility index (Phi) is 9.57. The second kappa shape index (κ2) is 11.5. The Bertz CT molecular complexity index is 754. The van der Waals surface area contributed by atoms with Gasteiger partial charge in [-0.05, 0) is 129 Å². The highest BCUT2D eigenvalue weighted by molar-refractivity contribution is 5.05. The number of hydrogen-bond acceptors (Lipinski definition) is 3. The highest BCUT2D eigenvalue weighted by Gasteiger charge is 2.55. The van der Waals surface area contributed by atoms with E-state index in [0.29, 0.717) is 23.7 Å². The van der Waals surface area contributed by atoms with Crippen LogP contribution in [0.5, 0.6) is 0 Å². The molecule has 0 saturated carbocycles. The van der Waals surface area contributed by atoms with Crippen molar-refractivity contribution in [2.24, 2.45) is 23.7 Å². The van der Waals surface area contributed by atoms with Gasteiger partial charge in [0.25, 0.3) is 0 Å². The van der Waals surface area contributed by atoms with Crippen molar-refractivity contribution in [2.45, 2.75) is 168 Å². The van der Waals surface area contributed by atoms with Crippen molar-refractivity contribution in [1.29, 1.82) is 0 Å². The molecule has 0 bridgehead atoms. The van der Waals surface area contributed by atoms with Crippen molar-refractivity contribution in [3.8, 4) is 0 Å². The quantitative estimate of drug-likeness (QED) is 0.271. The van der Waals surface area contributed by atoms with Gasteiger partial charge in [-0.2, -0.15) is 0 Å². The van der Waals surface area contributed by atoms with Gasteiger partial charge in [0.1, 0.15) is 0 Å². The Labute approximate surface area is 230 Å². The molecular weight excluding hydrogens is 456 g/mol. The summed E-state index contributed by atoms with van der Waals surface area (Å²) in [5, 5.41) is 0. The molecule has 3 aliphatic rings. The highest BCUT2D eigenvalue weighted by Crippen LogP contribution is 2.51. The Morgan fingerprint density at radius 1 is 0.703 bits per heavy atom. The smallest absolute Gasteiger partial charge is 0.0922 e. The summed E-state index contributed by atoms with van der Waals surface area (Å²) in [6.45, 7) is 31.3. The normalized spacial score (nSPS) is 44.4. The van der Waals surface area contributed by atoms with Gasteiger partial charge in [-0.25, -0.2) is 0 Å². The van der Waals surface area contributed by atoms with Crippen LogP contribution in [-0.4, -0.2) is 34.6 Å². The largest absolute Gasteiger partial charge is 0.369 e. The van der Waals surface area contributed by atoms with Crippen LogP contribution in [0.25, 0.3) is 0 Å². The average Bonchev–Trinajstić information content (AvgIpc) is 3.34. The molecule has 0 amide bonds. The molecule has 3 heteroatoms. The molecule has 3 heterocycles. The van der Waals surface area contributed by atoms with E-state index in [0.717, 1.165) is 51.4 Å². The molecule has 37 heavy (non-hydrogen) atoms. The fourth-order valence-corrected chi connectivity index (χ4v) is 7.07. The zero-order valence-corrected chi connectivity index (χ0v) is 26.2. The number of allylic oxidation sites excluding steroid dienone is 2. The molecule has 10 unspecified atom stereocenters. The molecule has 3 nitrogen and oxygen atoms in total. The van der Waals surface area contributed by atoms with Crippen LogP contribution in [-0.2, 0) is 14.2 Å². The van der Waals surface area contributed by atoms with E-state index in [1.807, 2.05) is 0 Å². The molecule has 3 saturated heterocycles. The summed E-state index contributed by atoms with van der Waals surface area (Å²) in [6, 6.07) is 0. The van der Waals surface area contributed by atoms with Crippen LogP contribution in [0.2, 0.25) is 0 Å². The Hall–Kier alpha value is -0.640. The predicted octanol–water partition coefficient (Wildman–Crippen LogP) is 9.45. The lowest BCUT2D eigenvalue weighted by Crippen LogP contribution is -2.57. The van der Waals surface area contributed by atoms with Crippen LogP contribution in [0.1, 0.15) is 133 Å². The van der Waals surface area contributed by atoms with E-state index in [-0.39, 0.29) is 34.6 Å². The molecule has 3 aliphatic heterocycles. The van der Waals surface area contributed by atoms with Crippen molar-refractivity contribution >= 4 is 0 Å². The lowest BCUT2D eigenvalue weighted by atomic mass is 9.73. The summed E-state index contributed by atoms with van der Waals surface area (Å²) in [4.78, 5) is 0. The summed E-state index contributed by atoms with van der Waals surface area (Å²) in [5.41, 5.74) is 1.84. The number of hydrogen-bond donors (Lipinski definition) is 0. The van der Waals surface area contributed by atoms with Gasteiger partial charge in [0, 0.05) is 0 Å². The Morgan fingerprint density at radius 3 is 1.38 bits per heavy atom. The lowest BCUT2D eigenvalue weighted by molar-refractivity contribution is -0.271. The topological polar surface area (TPSA) is 27.7 Å². The second-order valence-electron chi connectivity index (χ2n) is 14.6. The molecule has 0 aromatic carbocycles. The van der Waals surface area contributed by atoms with Gasteiger partial charge >= 0.3 is 0 Å². The first-order chi connectivity index (χ1) is 17.0. The molecule has 3 rings (SSSR count). The van der Waals surface area contributed by atoms with Gasteiger partial charge in [0.15, 0.2) is 0 Å². The zero-order chi connectivity index (χ0) is 27.8. The minimum Gasteiger partial charge on any atom is -0.369 e. The summed E-state index contributed by atoms with van der Waals surface area (Å²) in [7, 11) is 0. The van der Waals surface area contributed by atoms with Crippen molar-refractivity contribution < 1.29 is 14.2 Å². The summed E-state index contributed by atoms with van der Waals surface area (Å²) in [5.74, 6) is 2.17. The van der Waals surface area contributed by atoms with Gasteiger partial charge in [-0.1, -0.05) is 52.0 Å². The second-order valence-corrected chi connectivity index (χ2v) is 14.6. The molecule has 0 radical (unpaired) electrons. The van der Waals surface area contributed by atoms with Crippen molar-refractivity contribution in [1.82, 2.24) is 0 Å². The molecule has 0 aliphatic carbocycles. The molecule has 0 aromatic rings. The maximum absolute atomic E-state index is 7.10. The van der Waals surface area contributed by atoms with E-state index < -0.39 is 0 Å². The minimum atomic E-state index is -0.235. The number of rotatable bonds is 10. The fourth-order valence-electron chi connectivity index (χ4n) is 7.07. The maximum atomic E-state index is 7.10. The van der Waals surface area contributed by atoms with Gasteiger partial charge < -0.3 is 14.2 Å². The monoisotopic (exact) mass is 516 g/mol. The zero-order valence-electron chi connectivity index (χ0n) is 26.2. The first kappa shape index (κ1) is 30.9. The predicted molar refractivity (Wildman–Crippen MR) is 157 cm³/mol. The third-order valence-corrected chi connectivity index (χ3v) is 11.4. The summed E-state index contributed by atoms with van der Waals surface area (Å²) >= 11 is 0. The maximum Gasteiger partial charge on any atom is 0.0922 e. The van der Waals surface area contributed by atoms with Crippen molar-refractivity contribution in [2.75, 3.05) is 0 Å². The standard InChI is InChI=1S/C34H60O3/c1-23(2)25(5)15-19-31(9)27(7)17-21-33(11,36-31)29-13-14-30(35-29)34(12)22-18-28(8)32(10,37-34)20-16-26(6)24(3)4/h25-30H,1,3,13-22H2,2,4-12H3. The van der Waals surface area contributed by atoms with E-state index in [1.54, 1.807) is 0 Å². The van der Waals surface area contributed by atoms with Gasteiger partial charge in [0.2, 0.25) is 0 Å². The van der Waals surface area contributed by atoms with Crippen LogP contribution in [0.3, 0.4) is 0 Å². The molecular formula is C34H60O3. The van der Waals surface area contributed by atoms with Gasteiger partial charge in [-0.15, -0.1) is 0 Å². The van der Waals surface area contributed by atoms with E-state index in [4.69, 9.17) is 14.2 Å². The van der Waals surface area contributed by atoms with Crippen LogP contribution in [0, 0.1) is 23.7 Å². The van der Waals surface area contributed by atoms with Crippen molar-refractivity contribution in [3.05, 3.63) is 24.3 Å². The summed E-state index contributed by atoms with van der Waals surface area (Å²) < 4.78 is 21.1. The van der Waals surface area contributed by atoms with Crippen molar-refractivity contribution in [3.63, 3.8) is 0 Å². The minimum absolute atomic E-state index is 0.114. The first-order valence-corrected chi connectivity index (χ1v) is 15.4. The third kappa shape index (κ3) is 6.75. The Balaban J connectivity index is 1.67. The molecule has 10 atom stereocenters. The van der Waals surface area contributed by atoms with E-state index in [2.05, 4.69) is 82.4 Å². The van der Waals surface area contributed by atoms with Crippen LogP contribution >= 0.6 is 0 Å². The van der Waals surface area contributed by atoms with Gasteiger partial charge in [0.05, 0.1) is 34.6 Å².